The first-order valence-corrected chi connectivity index (χ1v) is 12.4. The van der Waals surface area contributed by atoms with Crippen LogP contribution in [0.3, 0.4) is 0 Å². The van der Waals surface area contributed by atoms with Crippen LogP contribution < -0.4 is 10.1 Å². The van der Waals surface area contributed by atoms with Crippen molar-refractivity contribution in [3.63, 3.8) is 0 Å². The molecule has 2 N–H and O–H groups in total. The first-order valence-electron chi connectivity index (χ1n) is 12.4. The predicted octanol–water partition coefficient (Wildman–Crippen LogP) is 4.80. The zero-order valence-electron chi connectivity index (χ0n) is 20.7. The maximum atomic E-state index is 12.2. The molecule has 0 spiro atoms. The molecule has 1 saturated heterocycles. The lowest BCUT2D eigenvalue weighted by atomic mass is 10.00. The summed E-state index contributed by atoms with van der Waals surface area (Å²) in [4.78, 5) is 14.6. The van der Waals surface area contributed by atoms with E-state index in [0.717, 1.165) is 38.0 Å². The molecule has 1 aliphatic heterocycles. The normalized spacial score (nSPS) is 14.8. The number of rotatable bonds is 10. The van der Waals surface area contributed by atoms with Crippen molar-refractivity contribution >= 4 is 12.0 Å². The number of hydrogen-bond donors (Lipinski definition) is 2. The first-order chi connectivity index (χ1) is 17.6. The number of carbonyl (C=O) groups excluding carboxylic acids is 1. The standard InChI is InChI=1S/C30H34N2O4/c1-35-28-22-23(12-14-27(28)33)13-15-29(34)31-18-21-32-19-16-26(17-20-32)36-30(24-8-4-2-5-9-24)25-10-6-3-7-11-25/h2-15,22,26,30,33H,16-21H2,1H3,(H,31,34)/b15-13+. The number of piperidine rings is 1. The summed E-state index contributed by atoms with van der Waals surface area (Å²) >= 11 is 0. The van der Waals surface area contributed by atoms with Crippen LogP contribution in [0.4, 0.5) is 0 Å². The molecule has 1 heterocycles. The Labute approximate surface area is 213 Å². The van der Waals surface area contributed by atoms with Crippen molar-refractivity contribution in [1.82, 2.24) is 10.2 Å². The van der Waals surface area contributed by atoms with Crippen LogP contribution in [0.2, 0.25) is 0 Å². The second kappa shape index (κ2) is 12.9. The average Bonchev–Trinajstić information content (AvgIpc) is 2.93. The summed E-state index contributed by atoms with van der Waals surface area (Å²) in [6.45, 7) is 3.28. The number of nitrogens with zero attached hydrogens (tertiary/aromatic N) is 1. The molecule has 4 rings (SSSR count). The summed E-state index contributed by atoms with van der Waals surface area (Å²) in [5.41, 5.74) is 3.13. The molecule has 0 aliphatic carbocycles. The van der Waals surface area contributed by atoms with Gasteiger partial charge in [-0.3, -0.25) is 4.79 Å². The van der Waals surface area contributed by atoms with Gasteiger partial charge < -0.3 is 24.8 Å². The number of hydrogen-bond acceptors (Lipinski definition) is 5. The minimum atomic E-state index is -0.145. The average molecular weight is 487 g/mol. The molecular weight excluding hydrogens is 452 g/mol. The van der Waals surface area contributed by atoms with Crippen LogP contribution >= 0.6 is 0 Å². The first kappa shape index (κ1) is 25.5. The van der Waals surface area contributed by atoms with E-state index in [4.69, 9.17) is 9.47 Å². The van der Waals surface area contributed by atoms with Gasteiger partial charge in [0, 0.05) is 32.3 Å². The van der Waals surface area contributed by atoms with Crippen LogP contribution in [0.15, 0.2) is 84.9 Å². The van der Waals surface area contributed by atoms with Gasteiger partial charge in [-0.15, -0.1) is 0 Å². The molecule has 0 unspecified atom stereocenters. The number of phenolic OH excluding ortho intramolecular Hbond substituents is 1. The van der Waals surface area contributed by atoms with E-state index in [2.05, 4.69) is 58.7 Å². The fourth-order valence-electron chi connectivity index (χ4n) is 4.43. The van der Waals surface area contributed by atoms with Crippen LogP contribution in [0.1, 0.15) is 35.6 Å². The van der Waals surface area contributed by atoms with Crippen molar-refractivity contribution in [3.05, 3.63) is 102 Å². The molecule has 6 nitrogen and oxygen atoms in total. The van der Waals surface area contributed by atoms with E-state index in [9.17, 15) is 9.90 Å². The summed E-state index contributed by atoms with van der Waals surface area (Å²) in [5.74, 6) is 0.307. The molecule has 1 aliphatic rings. The second-order valence-corrected chi connectivity index (χ2v) is 8.93. The molecule has 36 heavy (non-hydrogen) atoms. The number of ether oxygens (including phenoxy) is 2. The smallest absolute Gasteiger partial charge is 0.244 e. The Balaban J connectivity index is 1.21. The maximum Gasteiger partial charge on any atom is 0.244 e. The molecule has 0 bridgehead atoms. The fraction of sp³-hybridized carbons (Fsp3) is 0.300. The highest BCUT2D eigenvalue weighted by molar-refractivity contribution is 5.91. The zero-order valence-corrected chi connectivity index (χ0v) is 20.7. The van der Waals surface area contributed by atoms with Crippen molar-refractivity contribution in [2.24, 2.45) is 0 Å². The number of nitrogens with one attached hydrogen (secondary N) is 1. The summed E-state index contributed by atoms with van der Waals surface area (Å²) in [5, 5.41) is 12.6. The number of amides is 1. The van der Waals surface area contributed by atoms with Gasteiger partial charge in [0.05, 0.1) is 13.2 Å². The van der Waals surface area contributed by atoms with E-state index in [1.54, 1.807) is 24.3 Å². The lowest BCUT2D eigenvalue weighted by Gasteiger charge is -2.34. The summed E-state index contributed by atoms with van der Waals surface area (Å²) in [6, 6.07) is 25.8. The third kappa shape index (κ3) is 7.20. The minimum Gasteiger partial charge on any atom is -0.504 e. The monoisotopic (exact) mass is 486 g/mol. The van der Waals surface area contributed by atoms with Gasteiger partial charge in [0.1, 0.15) is 6.10 Å². The van der Waals surface area contributed by atoms with Crippen LogP contribution in [-0.2, 0) is 9.53 Å². The zero-order chi connectivity index (χ0) is 25.2. The highest BCUT2D eigenvalue weighted by atomic mass is 16.5. The van der Waals surface area contributed by atoms with E-state index in [0.29, 0.717) is 12.3 Å². The van der Waals surface area contributed by atoms with Gasteiger partial charge in [0.15, 0.2) is 11.5 Å². The minimum absolute atomic E-state index is 0.0661. The molecular formula is C30H34N2O4. The van der Waals surface area contributed by atoms with Gasteiger partial charge in [-0.2, -0.15) is 0 Å². The summed E-state index contributed by atoms with van der Waals surface area (Å²) in [7, 11) is 1.50. The molecule has 0 atom stereocenters. The van der Waals surface area contributed by atoms with Gasteiger partial charge in [-0.05, 0) is 47.7 Å². The Hall–Kier alpha value is -3.61. The SMILES string of the molecule is COc1cc(/C=C/C(=O)NCCN2CCC(OC(c3ccccc3)c3ccccc3)CC2)ccc1O. The highest BCUT2D eigenvalue weighted by Crippen LogP contribution is 2.30. The van der Waals surface area contributed by atoms with E-state index in [1.165, 1.54) is 24.3 Å². The van der Waals surface area contributed by atoms with Gasteiger partial charge in [-0.1, -0.05) is 66.7 Å². The Morgan fingerprint density at radius 2 is 1.67 bits per heavy atom. The van der Waals surface area contributed by atoms with Crippen LogP contribution in [0.5, 0.6) is 11.5 Å². The van der Waals surface area contributed by atoms with Crippen molar-refractivity contribution < 1.29 is 19.4 Å². The van der Waals surface area contributed by atoms with Gasteiger partial charge in [-0.25, -0.2) is 0 Å². The van der Waals surface area contributed by atoms with Crippen LogP contribution in [0, 0.1) is 0 Å². The van der Waals surface area contributed by atoms with E-state index in [-0.39, 0.29) is 23.9 Å². The second-order valence-electron chi connectivity index (χ2n) is 8.93. The predicted molar refractivity (Wildman–Crippen MR) is 142 cm³/mol. The van der Waals surface area contributed by atoms with Gasteiger partial charge in [0.25, 0.3) is 0 Å². The maximum absolute atomic E-state index is 12.2. The lowest BCUT2D eigenvalue weighted by molar-refractivity contribution is -0.116. The Bertz CT molecular complexity index is 1090. The van der Waals surface area contributed by atoms with Crippen LogP contribution in [-0.4, -0.2) is 55.3 Å². The van der Waals surface area contributed by atoms with Crippen LogP contribution in [0.25, 0.3) is 6.08 Å². The molecule has 0 saturated carbocycles. The van der Waals surface area contributed by atoms with E-state index >= 15 is 0 Å². The fourth-order valence-corrected chi connectivity index (χ4v) is 4.43. The number of methoxy groups -OCH3 is 1. The Kier molecular flexibility index (Phi) is 9.14. The summed E-state index contributed by atoms with van der Waals surface area (Å²) in [6.07, 6.45) is 5.27. The molecule has 1 fully saturated rings. The molecule has 3 aromatic rings. The molecule has 6 heteroatoms. The molecule has 1 amide bonds. The van der Waals surface area contributed by atoms with Crippen molar-refractivity contribution in [2.45, 2.75) is 25.0 Å². The van der Waals surface area contributed by atoms with E-state index < -0.39 is 0 Å². The van der Waals surface area contributed by atoms with Crippen molar-refractivity contribution in [3.8, 4) is 11.5 Å². The molecule has 0 aromatic heterocycles. The highest BCUT2D eigenvalue weighted by Gasteiger charge is 2.24. The number of benzene rings is 3. The number of phenols is 1. The topological polar surface area (TPSA) is 71.0 Å². The lowest BCUT2D eigenvalue weighted by Crippen LogP contribution is -2.41. The quantitative estimate of drug-likeness (QED) is 0.403. The Morgan fingerprint density at radius 3 is 2.28 bits per heavy atom. The number of aromatic hydroxyl groups is 1. The van der Waals surface area contributed by atoms with E-state index in [1.807, 2.05) is 12.1 Å². The number of likely N-dealkylation sites (tertiary alicyclic amines) is 1. The Morgan fingerprint density at radius 1 is 1.03 bits per heavy atom. The largest absolute Gasteiger partial charge is 0.504 e. The summed E-state index contributed by atoms with van der Waals surface area (Å²) < 4.78 is 11.7. The van der Waals surface area contributed by atoms with Gasteiger partial charge >= 0.3 is 0 Å². The third-order valence-electron chi connectivity index (χ3n) is 6.43. The molecule has 0 radical (unpaired) electrons. The van der Waals surface area contributed by atoms with Crippen molar-refractivity contribution in [2.75, 3.05) is 33.3 Å². The third-order valence-corrected chi connectivity index (χ3v) is 6.43. The van der Waals surface area contributed by atoms with Gasteiger partial charge in [0.2, 0.25) is 5.91 Å². The molecule has 188 valence electrons. The number of carbonyl (C=O) groups is 1. The van der Waals surface area contributed by atoms with Crippen molar-refractivity contribution in [1.29, 1.82) is 0 Å². The molecule has 3 aromatic carbocycles.